The van der Waals surface area contributed by atoms with Crippen molar-refractivity contribution in [2.75, 3.05) is 0 Å². The summed E-state index contributed by atoms with van der Waals surface area (Å²) in [5.41, 5.74) is 5.39. The second-order valence-corrected chi connectivity index (χ2v) is 5.90. The molecule has 0 bridgehead atoms. The highest BCUT2D eigenvalue weighted by molar-refractivity contribution is 9.10. The van der Waals surface area contributed by atoms with Gasteiger partial charge < -0.3 is 0 Å². The predicted molar refractivity (Wildman–Crippen MR) is 79.4 cm³/mol. The van der Waals surface area contributed by atoms with E-state index in [4.69, 9.17) is 5.84 Å². The number of nitrogens with zero attached hydrogens (tertiary/aromatic N) is 1. The second kappa shape index (κ2) is 6.43. The fraction of sp³-hybridized carbons (Fsp3) is 0.308. The van der Waals surface area contributed by atoms with Crippen LogP contribution in [0.25, 0.3) is 0 Å². The fourth-order valence-corrected chi connectivity index (χ4v) is 3.55. The molecule has 0 saturated heterocycles. The zero-order valence-electron chi connectivity index (χ0n) is 10.2. The van der Waals surface area contributed by atoms with Crippen molar-refractivity contribution in [1.29, 1.82) is 0 Å². The quantitative estimate of drug-likeness (QED) is 0.655. The number of pyridine rings is 1. The minimum absolute atomic E-state index is 0.123. The molecule has 0 saturated carbocycles. The fourth-order valence-electron chi connectivity index (χ4n) is 1.99. The molecule has 0 aliphatic rings. The number of hydrazine groups is 1. The van der Waals surface area contributed by atoms with Crippen molar-refractivity contribution in [3.8, 4) is 0 Å². The minimum atomic E-state index is 0.123. The average molecular weight is 326 g/mol. The van der Waals surface area contributed by atoms with E-state index in [1.807, 2.05) is 18.5 Å². The molecule has 0 amide bonds. The Balaban J connectivity index is 2.25. The first-order chi connectivity index (χ1) is 8.76. The first-order valence-corrected chi connectivity index (χ1v) is 7.54. The van der Waals surface area contributed by atoms with Gasteiger partial charge in [-0.1, -0.05) is 6.92 Å². The molecule has 1 unspecified atom stereocenters. The van der Waals surface area contributed by atoms with Crippen molar-refractivity contribution in [2.45, 2.75) is 25.8 Å². The smallest absolute Gasteiger partial charge is 0.0512 e. The number of aromatic nitrogens is 1. The molecule has 0 radical (unpaired) electrons. The first-order valence-electron chi connectivity index (χ1n) is 5.87. The summed E-state index contributed by atoms with van der Waals surface area (Å²) in [7, 11) is 0. The summed E-state index contributed by atoms with van der Waals surface area (Å²) >= 11 is 5.30. The van der Waals surface area contributed by atoms with Crippen molar-refractivity contribution in [2.24, 2.45) is 5.84 Å². The summed E-state index contributed by atoms with van der Waals surface area (Å²) in [6.45, 7) is 2.13. The lowest BCUT2D eigenvalue weighted by Crippen LogP contribution is -2.30. The Hall–Kier alpha value is -0.750. The Labute approximate surface area is 120 Å². The van der Waals surface area contributed by atoms with Crippen molar-refractivity contribution < 1.29 is 0 Å². The molecule has 2 rings (SSSR count). The number of nitrogens with one attached hydrogen (secondary N) is 1. The monoisotopic (exact) mass is 325 g/mol. The number of nitrogens with two attached hydrogens (primary N) is 1. The van der Waals surface area contributed by atoms with E-state index in [0.29, 0.717) is 0 Å². The van der Waals surface area contributed by atoms with Crippen LogP contribution in [0, 0.1) is 0 Å². The van der Waals surface area contributed by atoms with Gasteiger partial charge in [-0.15, -0.1) is 11.3 Å². The lowest BCUT2D eigenvalue weighted by atomic mass is 9.98. The molecular weight excluding hydrogens is 310 g/mol. The third kappa shape index (κ3) is 2.98. The van der Waals surface area contributed by atoms with E-state index < -0.39 is 0 Å². The van der Waals surface area contributed by atoms with E-state index in [2.05, 4.69) is 44.7 Å². The largest absolute Gasteiger partial charge is 0.271 e. The maximum Gasteiger partial charge on any atom is 0.0512 e. The summed E-state index contributed by atoms with van der Waals surface area (Å²) in [5, 5.41) is 2.08. The average Bonchev–Trinajstić information content (AvgIpc) is 2.81. The van der Waals surface area contributed by atoms with Gasteiger partial charge in [0.15, 0.2) is 0 Å². The molecule has 2 aromatic rings. The molecule has 18 heavy (non-hydrogen) atoms. The predicted octanol–water partition coefficient (Wildman–Crippen LogP) is 3.22. The third-order valence-corrected chi connectivity index (χ3v) is 4.93. The van der Waals surface area contributed by atoms with Crippen LogP contribution in [-0.2, 0) is 12.8 Å². The standard InChI is InChI=1S/C13H16BrN3S/c1-2-9-8-16-5-3-10(9)12(17-15)7-13-11(14)4-6-18-13/h3-6,8,12,17H,2,7,15H2,1H3. The highest BCUT2D eigenvalue weighted by Gasteiger charge is 2.16. The zero-order chi connectivity index (χ0) is 13.0. The summed E-state index contributed by atoms with van der Waals surface area (Å²) in [6.07, 6.45) is 5.59. The number of hydrogen-bond acceptors (Lipinski definition) is 4. The number of hydrogen-bond donors (Lipinski definition) is 2. The van der Waals surface area contributed by atoms with Crippen LogP contribution in [0.5, 0.6) is 0 Å². The number of rotatable bonds is 5. The van der Waals surface area contributed by atoms with Crippen molar-refractivity contribution in [3.05, 3.63) is 50.4 Å². The lowest BCUT2D eigenvalue weighted by Gasteiger charge is -2.18. The van der Waals surface area contributed by atoms with Gasteiger partial charge in [-0.2, -0.15) is 0 Å². The van der Waals surface area contributed by atoms with Crippen LogP contribution in [0.1, 0.15) is 29.0 Å². The van der Waals surface area contributed by atoms with E-state index in [-0.39, 0.29) is 6.04 Å². The van der Waals surface area contributed by atoms with Crippen LogP contribution in [0.3, 0.4) is 0 Å². The number of halogens is 1. The molecule has 0 spiro atoms. The molecular formula is C13H16BrN3S. The zero-order valence-corrected chi connectivity index (χ0v) is 12.6. The van der Waals surface area contributed by atoms with Gasteiger partial charge in [-0.05, 0) is 51.0 Å². The normalized spacial score (nSPS) is 12.6. The minimum Gasteiger partial charge on any atom is -0.271 e. The van der Waals surface area contributed by atoms with Crippen LogP contribution >= 0.6 is 27.3 Å². The van der Waals surface area contributed by atoms with Gasteiger partial charge in [0.25, 0.3) is 0 Å². The van der Waals surface area contributed by atoms with Gasteiger partial charge in [-0.25, -0.2) is 0 Å². The Morgan fingerprint density at radius 1 is 1.50 bits per heavy atom. The van der Waals surface area contributed by atoms with E-state index in [1.54, 1.807) is 11.3 Å². The molecule has 1 atom stereocenters. The Morgan fingerprint density at radius 3 is 2.94 bits per heavy atom. The Bertz CT molecular complexity index is 512. The van der Waals surface area contributed by atoms with E-state index in [0.717, 1.165) is 17.3 Å². The van der Waals surface area contributed by atoms with Gasteiger partial charge >= 0.3 is 0 Å². The maximum atomic E-state index is 5.71. The Morgan fingerprint density at radius 2 is 2.33 bits per heavy atom. The van der Waals surface area contributed by atoms with Gasteiger partial charge in [-0.3, -0.25) is 16.3 Å². The van der Waals surface area contributed by atoms with Crippen LogP contribution in [0.2, 0.25) is 0 Å². The van der Waals surface area contributed by atoms with Crippen molar-refractivity contribution in [1.82, 2.24) is 10.4 Å². The molecule has 96 valence electrons. The van der Waals surface area contributed by atoms with Crippen LogP contribution in [-0.4, -0.2) is 4.98 Å². The summed E-state index contributed by atoms with van der Waals surface area (Å²) < 4.78 is 1.15. The van der Waals surface area contributed by atoms with E-state index in [9.17, 15) is 0 Å². The molecule has 5 heteroatoms. The van der Waals surface area contributed by atoms with Crippen molar-refractivity contribution in [3.63, 3.8) is 0 Å². The number of aryl methyl sites for hydroxylation is 1. The SMILES string of the molecule is CCc1cnccc1C(Cc1sccc1Br)NN. The summed E-state index contributed by atoms with van der Waals surface area (Å²) in [4.78, 5) is 5.47. The van der Waals surface area contributed by atoms with Gasteiger partial charge in [0.05, 0.1) is 6.04 Å². The molecule has 2 aromatic heterocycles. The Kier molecular flexibility index (Phi) is 4.88. The van der Waals surface area contributed by atoms with Gasteiger partial charge in [0.1, 0.15) is 0 Å². The maximum absolute atomic E-state index is 5.71. The van der Waals surface area contributed by atoms with Gasteiger partial charge in [0.2, 0.25) is 0 Å². The number of thiophene rings is 1. The van der Waals surface area contributed by atoms with Crippen molar-refractivity contribution >= 4 is 27.3 Å². The lowest BCUT2D eigenvalue weighted by molar-refractivity contribution is 0.550. The highest BCUT2D eigenvalue weighted by atomic mass is 79.9. The molecule has 0 aromatic carbocycles. The van der Waals surface area contributed by atoms with Crippen LogP contribution in [0.15, 0.2) is 34.4 Å². The first kappa shape index (κ1) is 13.7. The second-order valence-electron chi connectivity index (χ2n) is 4.04. The molecule has 3 nitrogen and oxygen atoms in total. The molecule has 0 fully saturated rings. The van der Waals surface area contributed by atoms with E-state index in [1.165, 1.54) is 16.0 Å². The molecule has 3 N–H and O–H groups in total. The highest BCUT2D eigenvalue weighted by Crippen LogP contribution is 2.29. The topological polar surface area (TPSA) is 50.9 Å². The summed E-state index contributed by atoms with van der Waals surface area (Å²) in [5.74, 6) is 5.71. The molecule has 0 aliphatic heterocycles. The molecule has 0 aliphatic carbocycles. The van der Waals surface area contributed by atoms with E-state index >= 15 is 0 Å². The van der Waals surface area contributed by atoms with Crippen LogP contribution < -0.4 is 11.3 Å². The summed E-state index contributed by atoms with van der Waals surface area (Å²) in [6, 6.07) is 4.24. The van der Waals surface area contributed by atoms with Crippen LogP contribution in [0.4, 0.5) is 0 Å². The third-order valence-electron chi connectivity index (χ3n) is 2.98. The molecule has 2 heterocycles. The van der Waals surface area contributed by atoms with Gasteiger partial charge in [0, 0.05) is 28.2 Å².